The molecule has 114 valence electrons. The zero-order chi connectivity index (χ0) is 15.9. The van der Waals surface area contributed by atoms with Crippen LogP contribution in [0.25, 0.3) is 5.70 Å². The Hall–Kier alpha value is -2.40. The van der Waals surface area contributed by atoms with Crippen molar-refractivity contribution in [2.45, 2.75) is 4.90 Å². The third-order valence-electron chi connectivity index (χ3n) is 3.15. The van der Waals surface area contributed by atoms with Crippen LogP contribution in [0.2, 0.25) is 0 Å². The lowest BCUT2D eigenvalue weighted by Crippen LogP contribution is -2.12. The standard InChI is InChI=1S/C17H19N3OS/c1-21-14-7-3-12(4-8-14)16(18)11-20-17(19)13-5-9-15(22-2)10-6-13/h3-11H,18H2,1-2H3,(H2,19,20)/b16-11-. The molecule has 2 rings (SSSR count). The zero-order valence-electron chi connectivity index (χ0n) is 12.6. The molecule has 2 aromatic rings. The zero-order valence-corrected chi connectivity index (χ0v) is 13.4. The minimum absolute atomic E-state index is 0.434. The van der Waals surface area contributed by atoms with E-state index in [1.807, 2.05) is 54.8 Å². The molecule has 0 fully saturated rings. The number of hydrogen-bond donors (Lipinski definition) is 2. The van der Waals surface area contributed by atoms with Crippen molar-refractivity contribution < 1.29 is 4.74 Å². The number of benzene rings is 2. The molecular weight excluding hydrogens is 294 g/mol. The normalized spacial score (nSPS) is 12.3. The van der Waals surface area contributed by atoms with Gasteiger partial charge in [-0.25, -0.2) is 4.99 Å². The van der Waals surface area contributed by atoms with Crippen LogP contribution in [0.15, 0.2) is 64.6 Å². The lowest BCUT2D eigenvalue weighted by atomic mass is 10.1. The summed E-state index contributed by atoms with van der Waals surface area (Å²) in [6.07, 6.45) is 3.60. The van der Waals surface area contributed by atoms with Crippen molar-refractivity contribution in [1.82, 2.24) is 0 Å². The van der Waals surface area contributed by atoms with Gasteiger partial charge in [0.05, 0.1) is 19.0 Å². The summed E-state index contributed by atoms with van der Waals surface area (Å²) in [7, 11) is 1.63. The van der Waals surface area contributed by atoms with Crippen molar-refractivity contribution in [3.8, 4) is 5.75 Å². The fourth-order valence-corrected chi connectivity index (χ4v) is 2.24. The molecule has 0 aliphatic heterocycles. The summed E-state index contributed by atoms with van der Waals surface area (Å²) in [5.41, 5.74) is 14.3. The molecule has 4 nitrogen and oxygen atoms in total. The van der Waals surface area contributed by atoms with Gasteiger partial charge in [-0.2, -0.15) is 0 Å². The first-order valence-electron chi connectivity index (χ1n) is 6.72. The van der Waals surface area contributed by atoms with Gasteiger partial charge in [-0.3, -0.25) is 0 Å². The molecular formula is C17H19N3OS. The third kappa shape index (κ3) is 4.05. The molecule has 0 saturated heterocycles. The third-order valence-corrected chi connectivity index (χ3v) is 3.90. The molecule has 0 radical (unpaired) electrons. The number of thioether (sulfide) groups is 1. The monoisotopic (exact) mass is 313 g/mol. The van der Waals surface area contributed by atoms with Crippen LogP contribution in [-0.2, 0) is 0 Å². The van der Waals surface area contributed by atoms with Crippen molar-refractivity contribution >= 4 is 23.3 Å². The first kappa shape index (κ1) is 16.0. The molecule has 0 aliphatic carbocycles. The number of nitrogens with zero attached hydrogens (tertiary/aromatic N) is 1. The smallest absolute Gasteiger partial charge is 0.130 e. The summed E-state index contributed by atoms with van der Waals surface area (Å²) in [4.78, 5) is 5.42. The number of aliphatic imine (C=N–C) groups is 1. The number of rotatable bonds is 5. The Labute approximate surface area is 134 Å². The van der Waals surface area contributed by atoms with Crippen LogP contribution in [0.1, 0.15) is 11.1 Å². The molecule has 0 heterocycles. The van der Waals surface area contributed by atoms with E-state index < -0.39 is 0 Å². The largest absolute Gasteiger partial charge is 0.497 e. The van der Waals surface area contributed by atoms with Crippen LogP contribution in [0.4, 0.5) is 0 Å². The molecule has 2 aromatic carbocycles. The summed E-state index contributed by atoms with van der Waals surface area (Å²) in [5.74, 6) is 1.22. The predicted molar refractivity (Wildman–Crippen MR) is 94.1 cm³/mol. The van der Waals surface area contributed by atoms with Crippen molar-refractivity contribution in [2.24, 2.45) is 16.5 Å². The average molecular weight is 313 g/mol. The molecule has 0 unspecified atom stereocenters. The highest BCUT2D eigenvalue weighted by molar-refractivity contribution is 7.98. The fraction of sp³-hybridized carbons (Fsp3) is 0.118. The Kier molecular flexibility index (Phi) is 5.49. The minimum Gasteiger partial charge on any atom is -0.497 e. The van der Waals surface area contributed by atoms with Crippen molar-refractivity contribution in [3.05, 3.63) is 65.9 Å². The van der Waals surface area contributed by atoms with Gasteiger partial charge in [0.25, 0.3) is 0 Å². The summed E-state index contributed by atoms with van der Waals surface area (Å²) < 4.78 is 5.11. The molecule has 0 saturated carbocycles. The molecule has 0 atom stereocenters. The Balaban J connectivity index is 2.15. The first-order valence-corrected chi connectivity index (χ1v) is 7.94. The second kappa shape index (κ2) is 7.56. The van der Waals surface area contributed by atoms with E-state index in [1.54, 1.807) is 25.1 Å². The van der Waals surface area contributed by atoms with E-state index in [0.29, 0.717) is 11.5 Å². The van der Waals surface area contributed by atoms with E-state index in [0.717, 1.165) is 16.9 Å². The maximum Gasteiger partial charge on any atom is 0.130 e. The van der Waals surface area contributed by atoms with Crippen molar-refractivity contribution in [1.29, 1.82) is 0 Å². The Bertz CT molecular complexity index is 615. The van der Waals surface area contributed by atoms with Gasteiger partial charge in [0.1, 0.15) is 11.6 Å². The summed E-state index contributed by atoms with van der Waals surface area (Å²) in [6, 6.07) is 15.4. The summed E-state index contributed by atoms with van der Waals surface area (Å²) in [6.45, 7) is 0. The number of ether oxygens (including phenoxy) is 1. The second-order valence-corrected chi connectivity index (χ2v) is 5.44. The molecule has 0 spiro atoms. The Morgan fingerprint density at radius 2 is 1.59 bits per heavy atom. The topological polar surface area (TPSA) is 73.6 Å². The van der Waals surface area contributed by atoms with Gasteiger partial charge in [0, 0.05) is 10.5 Å². The van der Waals surface area contributed by atoms with E-state index in [1.165, 1.54) is 4.90 Å². The highest BCUT2D eigenvalue weighted by Gasteiger charge is 2.00. The molecule has 22 heavy (non-hydrogen) atoms. The Morgan fingerprint density at radius 1 is 1.00 bits per heavy atom. The molecule has 0 amide bonds. The van der Waals surface area contributed by atoms with Gasteiger partial charge in [-0.1, -0.05) is 12.1 Å². The fourth-order valence-electron chi connectivity index (χ4n) is 1.83. The molecule has 0 aromatic heterocycles. The number of hydrogen-bond acceptors (Lipinski definition) is 4. The lowest BCUT2D eigenvalue weighted by Gasteiger charge is -2.04. The summed E-state index contributed by atoms with van der Waals surface area (Å²) >= 11 is 1.68. The van der Waals surface area contributed by atoms with E-state index in [9.17, 15) is 0 Å². The Morgan fingerprint density at radius 3 is 2.14 bits per heavy atom. The maximum atomic E-state index is 6.01. The van der Waals surface area contributed by atoms with Gasteiger partial charge in [0.15, 0.2) is 0 Å². The van der Waals surface area contributed by atoms with Crippen LogP contribution in [-0.4, -0.2) is 19.2 Å². The van der Waals surface area contributed by atoms with Crippen LogP contribution in [0.3, 0.4) is 0 Å². The van der Waals surface area contributed by atoms with Crippen LogP contribution < -0.4 is 16.2 Å². The predicted octanol–water partition coefficient (Wildman–Crippen LogP) is 3.08. The van der Waals surface area contributed by atoms with Crippen LogP contribution in [0.5, 0.6) is 5.75 Å². The molecule has 0 bridgehead atoms. The maximum absolute atomic E-state index is 6.01. The van der Waals surface area contributed by atoms with Gasteiger partial charge in [-0.15, -0.1) is 11.8 Å². The molecule has 5 heteroatoms. The quantitative estimate of drug-likeness (QED) is 0.505. The number of methoxy groups -OCH3 is 1. The number of amidine groups is 1. The van der Waals surface area contributed by atoms with Gasteiger partial charge >= 0.3 is 0 Å². The van der Waals surface area contributed by atoms with Gasteiger partial charge < -0.3 is 16.2 Å². The van der Waals surface area contributed by atoms with Gasteiger partial charge in [0.2, 0.25) is 0 Å². The van der Waals surface area contributed by atoms with E-state index in [-0.39, 0.29) is 0 Å². The van der Waals surface area contributed by atoms with E-state index in [4.69, 9.17) is 16.2 Å². The lowest BCUT2D eigenvalue weighted by molar-refractivity contribution is 0.415. The average Bonchev–Trinajstić information content (AvgIpc) is 2.59. The first-order chi connectivity index (χ1) is 10.6. The SMILES string of the molecule is COc1ccc(/C(N)=C/N=C(N)c2ccc(SC)cc2)cc1. The minimum atomic E-state index is 0.434. The molecule has 0 aliphatic rings. The van der Waals surface area contributed by atoms with Crippen molar-refractivity contribution in [3.63, 3.8) is 0 Å². The van der Waals surface area contributed by atoms with Crippen LogP contribution >= 0.6 is 11.8 Å². The van der Waals surface area contributed by atoms with Gasteiger partial charge in [-0.05, 0) is 48.2 Å². The van der Waals surface area contributed by atoms with E-state index >= 15 is 0 Å². The summed E-state index contributed by atoms with van der Waals surface area (Å²) in [5, 5.41) is 0. The van der Waals surface area contributed by atoms with Crippen LogP contribution in [0, 0.1) is 0 Å². The molecule has 4 N–H and O–H groups in total. The highest BCUT2D eigenvalue weighted by atomic mass is 32.2. The van der Waals surface area contributed by atoms with Crippen molar-refractivity contribution in [2.75, 3.05) is 13.4 Å². The van der Waals surface area contributed by atoms with E-state index in [2.05, 4.69) is 4.99 Å². The number of nitrogens with two attached hydrogens (primary N) is 2. The second-order valence-electron chi connectivity index (χ2n) is 4.56. The highest BCUT2D eigenvalue weighted by Crippen LogP contribution is 2.16.